The highest BCUT2D eigenvalue weighted by Gasteiger charge is 2.44. The number of benzene rings is 1. The van der Waals surface area contributed by atoms with Crippen LogP contribution in [-0.4, -0.2) is 11.3 Å². The van der Waals surface area contributed by atoms with Crippen LogP contribution in [0.15, 0.2) is 24.3 Å². The molecule has 2 N–H and O–H groups in total. The topological polar surface area (TPSA) is 61.6 Å². The summed E-state index contributed by atoms with van der Waals surface area (Å²) >= 11 is 0. The zero-order chi connectivity index (χ0) is 12.5. The van der Waals surface area contributed by atoms with Crippen LogP contribution in [0.25, 0.3) is 0 Å². The predicted molar refractivity (Wildman–Crippen MR) is 63.4 cm³/mol. The Morgan fingerprint density at radius 1 is 1.47 bits per heavy atom. The maximum atomic E-state index is 12.0. The lowest BCUT2D eigenvalue weighted by molar-refractivity contribution is -0.237. The van der Waals surface area contributed by atoms with Crippen LogP contribution < -0.4 is 10.6 Å². The molecule has 2 atom stereocenters. The summed E-state index contributed by atoms with van der Waals surface area (Å²) in [5.41, 5.74) is 5.89. The summed E-state index contributed by atoms with van der Waals surface area (Å²) in [6.45, 7) is 3.65. The van der Waals surface area contributed by atoms with Crippen molar-refractivity contribution in [3.63, 3.8) is 0 Å². The van der Waals surface area contributed by atoms with Gasteiger partial charge in [-0.2, -0.15) is 4.89 Å². The van der Waals surface area contributed by atoms with Crippen LogP contribution in [0.5, 0.6) is 5.75 Å². The van der Waals surface area contributed by atoms with E-state index >= 15 is 0 Å². The lowest BCUT2D eigenvalue weighted by Gasteiger charge is -2.27. The minimum Gasteiger partial charge on any atom is -0.336 e. The van der Waals surface area contributed by atoms with Gasteiger partial charge in [0, 0.05) is 12.0 Å². The molecule has 0 amide bonds. The Morgan fingerprint density at radius 2 is 2.18 bits per heavy atom. The van der Waals surface area contributed by atoms with Crippen LogP contribution >= 0.6 is 0 Å². The number of Topliss-reactive ketones (excluding diaryl/α,β-unsaturated/α-hetero) is 1. The number of hydrogen-bond acceptors (Lipinski definition) is 4. The molecule has 4 heteroatoms. The molecule has 0 aliphatic carbocycles. The van der Waals surface area contributed by atoms with Gasteiger partial charge < -0.3 is 10.6 Å². The average Bonchev–Trinajstić information content (AvgIpc) is 2.73. The SMILES string of the molecule is CCCC(=O)C(C)(N)C1OOc2ccccc21. The number of carbonyl (C=O) groups is 1. The van der Waals surface area contributed by atoms with Crippen molar-refractivity contribution in [2.45, 2.75) is 38.3 Å². The van der Waals surface area contributed by atoms with Gasteiger partial charge in [0.05, 0.1) is 0 Å². The van der Waals surface area contributed by atoms with Gasteiger partial charge >= 0.3 is 0 Å². The Bertz CT molecular complexity index is 428. The van der Waals surface area contributed by atoms with E-state index in [2.05, 4.69) is 0 Å². The number of ketones is 1. The van der Waals surface area contributed by atoms with Crippen LogP contribution in [0.2, 0.25) is 0 Å². The predicted octanol–water partition coefficient (Wildman–Crippen LogP) is 2.14. The minimum absolute atomic E-state index is 0.00898. The lowest BCUT2D eigenvalue weighted by Crippen LogP contribution is -2.50. The van der Waals surface area contributed by atoms with E-state index in [0.717, 1.165) is 12.0 Å². The number of para-hydroxylation sites is 1. The highest BCUT2D eigenvalue weighted by atomic mass is 17.2. The number of rotatable bonds is 4. The quantitative estimate of drug-likeness (QED) is 0.812. The maximum absolute atomic E-state index is 12.0. The van der Waals surface area contributed by atoms with Gasteiger partial charge in [-0.3, -0.25) is 4.79 Å². The normalized spacial score (nSPS) is 21.5. The maximum Gasteiger partial charge on any atom is 0.171 e. The molecule has 0 spiro atoms. The second-order valence-corrected chi connectivity index (χ2v) is 4.55. The molecule has 1 aromatic rings. The second kappa shape index (κ2) is 4.47. The van der Waals surface area contributed by atoms with Crippen molar-refractivity contribution in [2.24, 2.45) is 5.73 Å². The van der Waals surface area contributed by atoms with Gasteiger partial charge in [-0.15, -0.1) is 0 Å². The van der Waals surface area contributed by atoms with Gasteiger partial charge in [0.2, 0.25) is 0 Å². The molecular weight excluding hydrogens is 218 g/mol. The summed E-state index contributed by atoms with van der Waals surface area (Å²) in [6, 6.07) is 7.41. The van der Waals surface area contributed by atoms with Crippen molar-refractivity contribution >= 4 is 5.78 Å². The van der Waals surface area contributed by atoms with Crippen LogP contribution in [0, 0.1) is 0 Å². The van der Waals surface area contributed by atoms with Crippen molar-refractivity contribution in [2.75, 3.05) is 0 Å². The molecule has 1 heterocycles. The Kier molecular flexibility index (Phi) is 3.17. The monoisotopic (exact) mass is 235 g/mol. The van der Waals surface area contributed by atoms with Gasteiger partial charge in [0.1, 0.15) is 5.54 Å². The van der Waals surface area contributed by atoms with E-state index in [-0.39, 0.29) is 5.78 Å². The molecule has 17 heavy (non-hydrogen) atoms. The molecule has 0 saturated heterocycles. The first-order valence-corrected chi connectivity index (χ1v) is 5.81. The zero-order valence-corrected chi connectivity index (χ0v) is 10.1. The molecule has 4 nitrogen and oxygen atoms in total. The number of carbonyl (C=O) groups excluding carboxylic acids is 1. The van der Waals surface area contributed by atoms with E-state index in [1.165, 1.54) is 0 Å². The third-order valence-corrected chi connectivity index (χ3v) is 3.06. The van der Waals surface area contributed by atoms with Crippen molar-refractivity contribution in [1.29, 1.82) is 0 Å². The van der Waals surface area contributed by atoms with E-state index in [1.807, 2.05) is 25.1 Å². The number of fused-ring (bicyclic) bond motifs is 1. The van der Waals surface area contributed by atoms with E-state index < -0.39 is 11.6 Å². The Balaban J connectivity index is 2.27. The van der Waals surface area contributed by atoms with Crippen LogP contribution in [0.1, 0.15) is 38.4 Å². The van der Waals surface area contributed by atoms with Gasteiger partial charge in [0.25, 0.3) is 0 Å². The highest BCUT2D eigenvalue weighted by Crippen LogP contribution is 2.40. The molecule has 2 unspecified atom stereocenters. The van der Waals surface area contributed by atoms with E-state index in [4.69, 9.17) is 15.5 Å². The Morgan fingerprint density at radius 3 is 2.88 bits per heavy atom. The molecule has 2 rings (SSSR count). The first-order valence-electron chi connectivity index (χ1n) is 5.81. The molecule has 0 aromatic heterocycles. The minimum atomic E-state index is -1.05. The van der Waals surface area contributed by atoms with Crippen LogP contribution in [0.4, 0.5) is 0 Å². The molecule has 0 saturated carbocycles. The van der Waals surface area contributed by atoms with Crippen molar-refractivity contribution in [3.8, 4) is 5.75 Å². The molecule has 0 bridgehead atoms. The third kappa shape index (κ3) is 2.06. The standard InChI is InChI=1S/C13H17NO3/c1-3-6-11(15)13(2,14)12-9-7-4-5-8-10(9)16-17-12/h4-5,7-8,12H,3,6,14H2,1-2H3. The van der Waals surface area contributed by atoms with Gasteiger partial charge in [-0.1, -0.05) is 25.1 Å². The summed E-state index contributed by atoms with van der Waals surface area (Å²) in [5, 5.41) is 0. The van der Waals surface area contributed by atoms with Crippen molar-refractivity contribution < 1.29 is 14.6 Å². The largest absolute Gasteiger partial charge is 0.336 e. The summed E-state index contributed by atoms with van der Waals surface area (Å²) < 4.78 is 0. The first kappa shape index (κ1) is 12.1. The van der Waals surface area contributed by atoms with E-state index in [0.29, 0.717) is 12.2 Å². The second-order valence-electron chi connectivity index (χ2n) is 4.55. The summed E-state index contributed by atoms with van der Waals surface area (Å²) in [5.74, 6) is 0.628. The van der Waals surface area contributed by atoms with Crippen LogP contribution in [-0.2, 0) is 9.68 Å². The summed E-state index contributed by atoms with van der Waals surface area (Å²) in [7, 11) is 0. The molecular formula is C13H17NO3. The van der Waals surface area contributed by atoms with Crippen molar-refractivity contribution in [1.82, 2.24) is 0 Å². The molecule has 92 valence electrons. The fraction of sp³-hybridized carbons (Fsp3) is 0.462. The third-order valence-electron chi connectivity index (χ3n) is 3.06. The van der Waals surface area contributed by atoms with Crippen molar-refractivity contribution in [3.05, 3.63) is 29.8 Å². The van der Waals surface area contributed by atoms with Crippen LogP contribution in [0.3, 0.4) is 0 Å². The smallest absolute Gasteiger partial charge is 0.171 e. The van der Waals surface area contributed by atoms with E-state index in [1.54, 1.807) is 13.0 Å². The first-order chi connectivity index (χ1) is 8.07. The van der Waals surface area contributed by atoms with E-state index in [9.17, 15) is 4.79 Å². The summed E-state index contributed by atoms with van der Waals surface area (Å²) in [4.78, 5) is 22.3. The molecule has 0 fully saturated rings. The van der Waals surface area contributed by atoms with Gasteiger partial charge in [-0.05, 0) is 19.4 Å². The number of hydrogen-bond donors (Lipinski definition) is 1. The Labute approximate surface area is 101 Å². The fourth-order valence-electron chi connectivity index (χ4n) is 1.99. The fourth-order valence-corrected chi connectivity index (χ4v) is 1.99. The molecule has 1 aliphatic heterocycles. The average molecular weight is 235 g/mol. The molecule has 0 radical (unpaired) electrons. The zero-order valence-electron chi connectivity index (χ0n) is 10.1. The van der Waals surface area contributed by atoms with Gasteiger partial charge in [-0.25, -0.2) is 0 Å². The summed E-state index contributed by atoms with van der Waals surface area (Å²) in [6.07, 6.45) is 0.702. The Hall–Kier alpha value is -1.39. The van der Waals surface area contributed by atoms with Gasteiger partial charge in [0.15, 0.2) is 17.6 Å². The highest BCUT2D eigenvalue weighted by molar-refractivity contribution is 5.88. The number of nitrogens with two attached hydrogens (primary N) is 1. The lowest BCUT2D eigenvalue weighted by atomic mass is 9.84. The molecule has 1 aliphatic rings. The molecule has 1 aromatic carbocycles.